The molecule has 0 atom stereocenters. The summed E-state index contributed by atoms with van der Waals surface area (Å²) in [7, 11) is 0. The zero-order valence-corrected chi connectivity index (χ0v) is 11.2. The number of ether oxygens (including phenoxy) is 1. The van der Waals surface area contributed by atoms with Crippen LogP contribution < -0.4 is 0 Å². The maximum Gasteiger partial charge on any atom is 0.111 e. The summed E-state index contributed by atoms with van der Waals surface area (Å²) in [6.07, 6.45) is 1.60. The second-order valence-corrected chi connectivity index (χ2v) is 6.03. The molecule has 2 rings (SSSR count). The zero-order valence-electron chi connectivity index (χ0n) is 8.78. The molecule has 1 aliphatic heterocycles. The lowest BCUT2D eigenvalue weighted by Gasteiger charge is -2.30. The number of nitrogens with zero attached hydrogens (tertiary/aromatic N) is 1. The van der Waals surface area contributed by atoms with Gasteiger partial charge < -0.3 is 4.74 Å². The zero-order chi connectivity index (χ0) is 11.4. The number of hydrogen-bond acceptors (Lipinski definition) is 3. The maximum absolute atomic E-state index is 9.35. The predicted octanol–water partition coefficient (Wildman–Crippen LogP) is 3.61. The lowest BCUT2D eigenvalue weighted by molar-refractivity contribution is 0.0886. The molecule has 1 fully saturated rings. The summed E-state index contributed by atoms with van der Waals surface area (Å²) in [5.74, 6) is 0. The summed E-state index contributed by atoms with van der Waals surface area (Å²) >= 11 is 5.17. The standard InChI is InChI=1S/C12H12BrNOS/c13-10-3-1-2-4-11(10)16-12(9-14)5-7-15-8-6-12/h1-4H,5-8H2. The maximum atomic E-state index is 9.35. The first kappa shape index (κ1) is 12.0. The van der Waals surface area contributed by atoms with Crippen LogP contribution in [0, 0.1) is 11.3 Å². The van der Waals surface area contributed by atoms with Crippen molar-refractivity contribution in [2.24, 2.45) is 0 Å². The molecular formula is C12H12BrNOS. The van der Waals surface area contributed by atoms with Gasteiger partial charge in [-0.05, 0) is 40.9 Å². The van der Waals surface area contributed by atoms with Gasteiger partial charge >= 0.3 is 0 Å². The third-order valence-corrected chi connectivity index (χ3v) is 5.07. The third kappa shape index (κ3) is 2.60. The van der Waals surface area contributed by atoms with Crippen LogP contribution in [0.4, 0.5) is 0 Å². The molecule has 16 heavy (non-hydrogen) atoms. The quantitative estimate of drug-likeness (QED) is 0.836. The van der Waals surface area contributed by atoms with Crippen LogP contribution in [0.25, 0.3) is 0 Å². The van der Waals surface area contributed by atoms with E-state index in [1.807, 2.05) is 24.3 Å². The molecule has 0 amide bonds. The monoisotopic (exact) mass is 297 g/mol. The number of halogens is 1. The first-order valence-corrected chi connectivity index (χ1v) is 6.79. The summed E-state index contributed by atoms with van der Waals surface area (Å²) in [6, 6.07) is 10.5. The van der Waals surface area contributed by atoms with Crippen molar-refractivity contribution >= 4 is 27.7 Å². The Morgan fingerprint density at radius 1 is 1.31 bits per heavy atom. The molecule has 84 valence electrons. The van der Waals surface area contributed by atoms with Crippen LogP contribution in [-0.2, 0) is 4.74 Å². The van der Waals surface area contributed by atoms with Crippen LogP contribution in [-0.4, -0.2) is 18.0 Å². The van der Waals surface area contributed by atoms with E-state index in [-0.39, 0.29) is 4.75 Å². The molecule has 0 N–H and O–H groups in total. The Morgan fingerprint density at radius 3 is 2.62 bits per heavy atom. The van der Waals surface area contributed by atoms with Crippen LogP contribution in [0.1, 0.15) is 12.8 Å². The summed E-state index contributed by atoms with van der Waals surface area (Å²) in [5, 5.41) is 9.35. The minimum Gasteiger partial charge on any atom is -0.381 e. The molecule has 0 saturated carbocycles. The molecule has 1 saturated heterocycles. The molecule has 0 aliphatic carbocycles. The van der Waals surface area contributed by atoms with E-state index in [2.05, 4.69) is 22.0 Å². The Hall–Kier alpha value is -0.500. The fourth-order valence-corrected chi connectivity index (χ4v) is 3.35. The highest BCUT2D eigenvalue weighted by atomic mass is 79.9. The molecule has 1 heterocycles. The van der Waals surface area contributed by atoms with E-state index in [1.165, 1.54) is 0 Å². The fraction of sp³-hybridized carbons (Fsp3) is 0.417. The number of hydrogen-bond donors (Lipinski definition) is 0. The van der Waals surface area contributed by atoms with Gasteiger partial charge in [0.15, 0.2) is 0 Å². The van der Waals surface area contributed by atoms with E-state index in [9.17, 15) is 5.26 Å². The van der Waals surface area contributed by atoms with E-state index < -0.39 is 0 Å². The van der Waals surface area contributed by atoms with Gasteiger partial charge in [0.1, 0.15) is 4.75 Å². The Labute approximate surface area is 108 Å². The minimum atomic E-state index is -0.317. The van der Waals surface area contributed by atoms with Gasteiger partial charge in [0.25, 0.3) is 0 Å². The van der Waals surface area contributed by atoms with Crippen molar-refractivity contribution in [2.75, 3.05) is 13.2 Å². The smallest absolute Gasteiger partial charge is 0.111 e. The molecule has 0 spiro atoms. The molecule has 4 heteroatoms. The number of thioether (sulfide) groups is 1. The Morgan fingerprint density at radius 2 is 2.00 bits per heavy atom. The normalized spacial score (nSPS) is 19.0. The van der Waals surface area contributed by atoms with Crippen molar-refractivity contribution in [3.63, 3.8) is 0 Å². The lowest BCUT2D eigenvalue weighted by atomic mass is 10.0. The van der Waals surface area contributed by atoms with E-state index in [4.69, 9.17) is 4.74 Å². The molecule has 0 radical (unpaired) electrons. The van der Waals surface area contributed by atoms with E-state index >= 15 is 0 Å². The first-order valence-electron chi connectivity index (χ1n) is 5.18. The average molecular weight is 298 g/mol. The molecule has 2 nitrogen and oxygen atoms in total. The molecule has 1 aliphatic rings. The van der Waals surface area contributed by atoms with E-state index in [1.54, 1.807) is 11.8 Å². The highest BCUT2D eigenvalue weighted by Crippen LogP contribution is 2.42. The first-order chi connectivity index (χ1) is 7.76. The molecule has 1 aromatic rings. The van der Waals surface area contributed by atoms with E-state index in [0.717, 1.165) is 22.2 Å². The molecule has 0 bridgehead atoms. The Bertz CT molecular complexity index is 410. The summed E-state index contributed by atoms with van der Waals surface area (Å²) in [6.45, 7) is 1.37. The Kier molecular flexibility index (Phi) is 3.91. The second kappa shape index (κ2) is 5.22. The van der Waals surface area contributed by atoms with Crippen LogP contribution in [0.5, 0.6) is 0 Å². The van der Waals surface area contributed by atoms with Gasteiger partial charge in [0.05, 0.1) is 6.07 Å². The van der Waals surface area contributed by atoms with Gasteiger partial charge in [-0.25, -0.2) is 0 Å². The van der Waals surface area contributed by atoms with Crippen molar-refractivity contribution in [1.82, 2.24) is 0 Å². The molecule has 0 aromatic heterocycles. The number of rotatable bonds is 2. The van der Waals surface area contributed by atoms with Crippen molar-refractivity contribution < 1.29 is 4.74 Å². The minimum absolute atomic E-state index is 0.317. The van der Waals surface area contributed by atoms with Crippen molar-refractivity contribution in [2.45, 2.75) is 22.5 Å². The van der Waals surface area contributed by atoms with Gasteiger partial charge in [-0.2, -0.15) is 5.26 Å². The SMILES string of the molecule is N#CC1(Sc2ccccc2Br)CCOCC1. The topological polar surface area (TPSA) is 33.0 Å². The van der Waals surface area contributed by atoms with Crippen molar-refractivity contribution in [3.8, 4) is 6.07 Å². The lowest BCUT2D eigenvalue weighted by Crippen LogP contribution is -2.31. The summed E-state index contributed by atoms with van der Waals surface area (Å²) < 4.78 is 6.06. The van der Waals surface area contributed by atoms with Gasteiger partial charge in [0.2, 0.25) is 0 Å². The van der Waals surface area contributed by atoms with Crippen LogP contribution in [0.3, 0.4) is 0 Å². The van der Waals surface area contributed by atoms with E-state index in [0.29, 0.717) is 13.2 Å². The predicted molar refractivity (Wildman–Crippen MR) is 68.4 cm³/mol. The van der Waals surface area contributed by atoms with Crippen molar-refractivity contribution in [3.05, 3.63) is 28.7 Å². The van der Waals surface area contributed by atoms with Crippen LogP contribution >= 0.6 is 27.7 Å². The summed E-state index contributed by atoms with van der Waals surface area (Å²) in [4.78, 5) is 1.13. The number of benzene rings is 1. The number of nitriles is 1. The van der Waals surface area contributed by atoms with Gasteiger partial charge in [-0.15, -0.1) is 11.8 Å². The molecular weight excluding hydrogens is 286 g/mol. The van der Waals surface area contributed by atoms with Crippen LogP contribution in [0.2, 0.25) is 0 Å². The summed E-state index contributed by atoms with van der Waals surface area (Å²) in [5.41, 5.74) is 0. The largest absolute Gasteiger partial charge is 0.381 e. The van der Waals surface area contributed by atoms with Gasteiger partial charge in [-0.1, -0.05) is 12.1 Å². The van der Waals surface area contributed by atoms with Gasteiger partial charge in [0, 0.05) is 22.6 Å². The second-order valence-electron chi connectivity index (χ2n) is 3.75. The third-order valence-electron chi connectivity index (χ3n) is 2.65. The van der Waals surface area contributed by atoms with Crippen LogP contribution in [0.15, 0.2) is 33.6 Å². The average Bonchev–Trinajstić information content (AvgIpc) is 2.33. The molecule has 1 aromatic carbocycles. The molecule has 0 unspecified atom stereocenters. The Balaban J connectivity index is 2.19. The highest BCUT2D eigenvalue weighted by Gasteiger charge is 2.34. The highest BCUT2D eigenvalue weighted by molar-refractivity contribution is 9.10. The fourth-order valence-electron chi connectivity index (χ4n) is 1.68. The van der Waals surface area contributed by atoms with Gasteiger partial charge in [-0.3, -0.25) is 0 Å². The van der Waals surface area contributed by atoms with Crippen molar-refractivity contribution in [1.29, 1.82) is 5.26 Å².